The molecule has 1 amide bonds. The van der Waals surface area contributed by atoms with Crippen LogP contribution in [0.15, 0.2) is 42.9 Å². The fraction of sp³-hybridized carbons (Fsp3) is 0.421. The van der Waals surface area contributed by atoms with Crippen molar-refractivity contribution in [3.05, 3.63) is 54.2 Å². The minimum absolute atomic E-state index is 0.0575. The maximum atomic E-state index is 13.2. The second kappa shape index (κ2) is 7.59. The van der Waals surface area contributed by atoms with Gasteiger partial charge in [-0.15, -0.1) is 0 Å². The summed E-state index contributed by atoms with van der Waals surface area (Å²) in [5.41, 5.74) is 0.938. The summed E-state index contributed by atoms with van der Waals surface area (Å²) in [6.45, 7) is 6.08. The highest BCUT2D eigenvalue weighted by Gasteiger charge is 2.32. The smallest absolute Gasteiger partial charge is 0.224 e. The van der Waals surface area contributed by atoms with E-state index in [1.54, 1.807) is 30.7 Å². The summed E-state index contributed by atoms with van der Waals surface area (Å²) in [4.78, 5) is 25.3. The van der Waals surface area contributed by atoms with E-state index in [1.165, 1.54) is 12.1 Å². The molecule has 3 rings (SSSR count). The van der Waals surface area contributed by atoms with Gasteiger partial charge in [-0.25, -0.2) is 9.37 Å². The molecule has 1 fully saturated rings. The largest absolute Gasteiger partial charge is 0.353 e. The summed E-state index contributed by atoms with van der Waals surface area (Å²) < 4.78 is 13.2. The van der Waals surface area contributed by atoms with E-state index in [2.05, 4.69) is 28.7 Å². The van der Waals surface area contributed by atoms with Gasteiger partial charge in [-0.2, -0.15) is 0 Å². The highest BCUT2D eigenvalue weighted by molar-refractivity contribution is 5.78. The number of hydrogen-bond acceptors (Lipinski definition) is 4. The molecule has 132 valence electrons. The van der Waals surface area contributed by atoms with Crippen molar-refractivity contribution < 1.29 is 9.18 Å². The van der Waals surface area contributed by atoms with E-state index in [1.807, 2.05) is 4.90 Å². The summed E-state index contributed by atoms with van der Waals surface area (Å²) in [6.07, 6.45) is 5.48. The molecule has 0 N–H and O–H groups in total. The van der Waals surface area contributed by atoms with Crippen LogP contribution in [0.4, 0.5) is 10.2 Å². The third kappa shape index (κ3) is 4.13. The van der Waals surface area contributed by atoms with Crippen LogP contribution < -0.4 is 4.90 Å². The Hall–Kier alpha value is -2.50. The molecule has 1 atom stereocenters. The first-order chi connectivity index (χ1) is 12.0. The molecule has 1 aliphatic rings. The van der Waals surface area contributed by atoms with Crippen LogP contribution in [0.3, 0.4) is 0 Å². The second-order valence-electron chi connectivity index (χ2n) is 6.72. The third-order valence-corrected chi connectivity index (χ3v) is 4.63. The van der Waals surface area contributed by atoms with E-state index < -0.39 is 0 Å². The first-order valence-corrected chi connectivity index (χ1v) is 8.59. The molecule has 0 unspecified atom stereocenters. The van der Waals surface area contributed by atoms with Gasteiger partial charge in [0.2, 0.25) is 5.91 Å². The van der Waals surface area contributed by atoms with Gasteiger partial charge in [0.05, 0.1) is 12.2 Å². The highest BCUT2D eigenvalue weighted by Crippen LogP contribution is 2.23. The molecule has 0 bridgehead atoms. The predicted molar refractivity (Wildman–Crippen MR) is 94.4 cm³/mol. The summed E-state index contributed by atoms with van der Waals surface area (Å²) in [5, 5.41) is 0. The number of anilines is 1. The fourth-order valence-corrected chi connectivity index (χ4v) is 3.20. The van der Waals surface area contributed by atoms with Gasteiger partial charge in [-0.05, 0) is 23.6 Å². The van der Waals surface area contributed by atoms with Crippen LogP contribution in [0, 0.1) is 11.7 Å². The topological polar surface area (TPSA) is 49.3 Å². The van der Waals surface area contributed by atoms with Crippen LogP contribution >= 0.6 is 0 Å². The zero-order valence-electron chi connectivity index (χ0n) is 14.6. The lowest BCUT2D eigenvalue weighted by Crippen LogP contribution is -2.46. The quantitative estimate of drug-likeness (QED) is 0.857. The lowest BCUT2D eigenvalue weighted by molar-refractivity contribution is -0.134. The lowest BCUT2D eigenvalue weighted by Gasteiger charge is -2.35. The van der Waals surface area contributed by atoms with Gasteiger partial charge >= 0.3 is 0 Å². The monoisotopic (exact) mass is 342 g/mol. The van der Waals surface area contributed by atoms with Gasteiger partial charge in [0.1, 0.15) is 11.6 Å². The highest BCUT2D eigenvalue weighted by atomic mass is 19.1. The van der Waals surface area contributed by atoms with Crippen molar-refractivity contribution in [2.75, 3.05) is 18.0 Å². The Labute approximate surface area is 147 Å². The normalized spacial score (nSPS) is 18.6. The zero-order valence-corrected chi connectivity index (χ0v) is 14.6. The first-order valence-electron chi connectivity index (χ1n) is 8.59. The molecule has 0 radical (unpaired) electrons. The maximum Gasteiger partial charge on any atom is 0.224 e. The Bertz CT molecular complexity index is 705. The molecule has 1 aromatic carbocycles. The maximum absolute atomic E-state index is 13.2. The van der Waals surface area contributed by atoms with Crippen molar-refractivity contribution in [2.24, 2.45) is 5.92 Å². The minimum atomic E-state index is -0.264. The molecule has 0 spiro atoms. The Morgan fingerprint density at radius 2 is 2.00 bits per heavy atom. The predicted octanol–water partition coefficient (Wildman–Crippen LogP) is 2.88. The van der Waals surface area contributed by atoms with Crippen LogP contribution in [-0.2, 0) is 11.3 Å². The first kappa shape index (κ1) is 17.3. The number of carbonyl (C=O) groups excluding carboxylic acids is 1. The summed E-state index contributed by atoms with van der Waals surface area (Å²) in [5.74, 6) is 0.945. The van der Waals surface area contributed by atoms with Gasteiger partial charge < -0.3 is 9.80 Å². The Balaban J connectivity index is 1.83. The third-order valence-electron chi connectivity index (χ3n) is 4.63. The van der Waals surface area contributed by atoms with Crippen molar-refractivity contribution in [1.82, 2.24) is 14.9 Å². The van der Waals surface area contributed by atoms with Crippen LogP contribution in [-0.4, -0.2) is 39.9 Å². The van der Waals surface area contributed by atoms with Gasteiger partial charge in [-0.3, -0.25) is 9.78 Å². The molecule has 6 heteroatoms. The van der Waals surface area contributed by atoms with E-state index in [9.17, 15) is 9.18 Å². The average molecular weight is 342 g/mol. The van der Waals surface area contributed by atoms with Gasteiger partial charge in [0, 0.05) is 38.4 Å². The molecule has 0 saturated carbocycles. The van der Waals surface area contributed by atoms with Crippen molar-refractivity contribution >= 4 is 11.7 Å². The molecular weight excluding hydrogens is 319 g/mol. The summed E-state index contributed by atoms with van der Waals surface area (Å²) in [7, 11) is 0. The molecular formula is C19H23FN4O. The SMILES string of the molecule is CC(C)[C@@H]1CN(c2cnccn2)CCC(=O)N1Cc1ccc(F)cc1. The number of aromatic nitrogens is 2. The number of rotatable bonds is 4. The Kier molecular flexibility index (Phi) is 5.26. The molecule has 2 aromatic rings. The molecule has 1 saturated heterocycles. The number of nitrogens with zero attached hydrogens (tertiary/aromatic N) is 4. The van der Waals surface area contributed by atoms with E-state index in [0.29, 0.717) is 32.0 Å². The number of amides is 1. The van der Waals surface area contributed by atoms with Crippen LogP contribution in [0.25, 0.3) is 0 Å². The van der Waals surface area contributed by atoms with Crippen molar-refractivity contribution in [2.45, 2.75) is 32.9 Å². The van der Waals surface area contributed by atoms with Crippen LogP contribution in [0.5, 0.6) is 0 Å². The van der Waals surface area contributed by atoms with Gasteiger partial charge in [-0.1, -0.05) is 26.0 Å². The summed E-state index contributed by atoms with van der Waals surface area (Å²) in [6, 6.07) is 6.42. The van der Waals surface area contributed by atoms with E-state index >= 15 is 0 Å². The number of benzene rings is 1. The molecule has 2 heterocycles. The molecule has 1 aromatic heterocycles. The zero-order chi connectivity index (χ0) is 17.8. The fourth-order valence-electron chi connectivity index (χ4n) is 3.20. The van der Waals surface area contributed by atoms with Crippen LogP contribution in [0.1, 0.15) is 25.8 Å². The Morgan fingerprint density at radius 3 is 2.64 bits per heavy atom. The van der Waals surface area contributed by atoms with Gasteiger partial charge in [0.25, 0.3) is 0 Å². The molecule has 1 aliphatic heterocycles. The Morgan fingerprint density at radius 1 is 1.24 bits per heavy atom. The van der Waals surface area contributed by atoms with Crippen molar-refractivity contribution in [3.8, 4) is 0 Å². The number of hydrogen-bond donors (Lipinski definition) is 0. The lowest BCUT2D eigenvalue weighted by atomic mass is 10.0. The van der Waals surface area contributed by atoms with Crippen molar-refractivity contribution in [3.63, 3.8) is 0 Å². The standard InChI is InChI=1S/C19H23FN4O/c1-14(2)17-13-23(18-11-21-8-9-22-18)10-7-19(25)24(17)12-15-3-5-16(20)6-4-15/h3-6,8-9,11,14,17H,7,10,12-13H2,1-2H3/t17-/m0/s1. The van der Waals surface area contributed by atoms with E-state index in [0.717, 1.165) is 11.4 Å². The molecule has 25 heavy (non-hydrogen) atoms. The van der Waals surface area contributed by atoms with Crippen molar-refractivity contribution in [1.29, 1.82) is 0 Å². The van der Waals surface area contributed by atoms with E-state index in [4.69, 9.17) is 0 Å². The minimum Gasteiger partial charge on any atom is -0.353 e. The average Bonchev–Trinajstić information content (AvgIpc) is 2.78. The molecule has 5 nitrogen and oxygen atoms in total. The molecule has 0 aliphatic carbocycles. The second-order valence-corrected chi connectivity index (χ2v) is 6.72. The summed E-state index contributed by atoms with van der Waals surface area (Å²) >= 11 is 0. The van der Waals surface area contributed by atoms with Gasteiger partial charge in [0.15, 0.2) is 0 Å². The number of carbonyl (C=O) groups is 1. The number of halogens is 1. The van der Waals surface area contributed by atoms with E-state index in [-0.39, 0.29) is 17.8 Å². The van der Waals surface area contributed by atoms with Crippen LogP contribution in [0.2, 0.25) is 0 Å².